The Bertz CT molecular complexity index is 501. The Morgan fingerprint density at radius 2 is 1.50 bits per heavy atom. The summed E-state index contributed by atoms with van der Waals surface area (Å²) < 4.78 is 4.18. The Morgan fingerprint density at radius 3 is 1.82 bits per heavy atom. The van der Waals surface area contributed by atoms with Crippen LogP contribution >= 0.6 is 0 Å². The van der Waals surface area contributed by atoms with E-state index >= 15 is 0 Å². The Kier molecular flexibility index (Phi) is 6.42. The van der Waals surface area contributed by atoms with Crippen LogP contribution in [0.4, 0.5) is 0 Å². The van der Waals surface area contributed by atoms with Crippen LogP contribution in [0.5, 0.6) is 0 Å². The monoisotopic (exact) mass is 323 g/mol. The van der Waals surface area contributed by atoms with Gasteiger partial charge in [-0.25, -0.2) is 9.59 Å². The normalized spacial score (nSPS) is 15.9. The highest BCUT2D eigenvalue weighted by Gasteiger charge is 2.53. The summed E-state index contributed by atoms with van der Waals surface area (Å²) >= 11 is 0. The fraction of sp³-hybridized carbons (Fsp3) is 0.500. The molecule has 0 rings (SSSR count). The molecule has 0 radical (unpaired) electrons. The highest BCUT2D eigenvalue weighted by Crippen LogP contribution is 2.21. The van der Waals surface area contributed by atoms with Crippen LogP contribution in [0.15, 0.2) is 0 Å². The minimum atomic E-state index is -3.44. The zero-order valence-corrected chi connectivity index (χ0v) is 10.8. The van der Waals surface area contributed by atoms with Crippen molar-refractivity contribution in [1.82, 2.24) is 0 Å². The van der Waals surface area contributed by atoms with E-state index in [1.54, 1.807) is 0 Å². The Hall–Kier alpha value is -2.73. The number of carbonyl (C=O) groups is 5. The highest BCUT2D eigenvalue weighted by molar-refractivity contribution is 5.92. The van der Waals surface area contributed by atoms with Gasteiger partial charge in [0.15, 0.2) is 0 Å². The van der Waals surface area contributed by atoms with Gasteiger partial charge in [-0.15, -0.1) is 0 Å². The van der Waals surface area contributed by atoms with Gasteiger partial charge in [0.25, 0.3) is 0 Å². The molecule has 0 aliphatic heterocycles. The number of hydrogen-bond donors (Lipinski definition) is 6. The fourth-order valence-electron chi connectivity index (χ4n) is 1.31. The number of hydrogen-bond acceptors (Lipinski definition) is 8. The number of carbonyl (C=O) groups excluding carboxylic acids is 1. The van der Waals surface area contributed by atoms with E-state index in [9.17, 15) is 29.1 Å². The SMILES string of the molecule is NC(CC(=O)OC(C(=O)O)C(O)(CC(=O)O)C(=O)O)C(=O)O. The molecule has 0 amide bonds. The summed E-state index contributed by atoms with van der Waals surface area (Å²) in [4.78, 5) is 54.2. The van der Waals surface area contributed by atoms with Gasteiger partial charge >= 0.3 is 29.8 Å². The van der Waals surface area contributed by atoms with Gasteiger partial charge in [0.1, 0.15) is 6.04 Å². The maximum atomic E-state index is 11.3. The van der Waals surface area contributed by atoms with E-state index in [4.69, 9.17) is 26.2 Å². The molecular weight excluding hydrogens is 310 g/mol. The van der Waals surface area contributed by atoms with Gasteiger partial charge in [-0.05, 0) is 0 Å². The van der Waals surface area contributed by atoms with Crippen LogP contribution in [0.2, 0.25) is 0 Å². The van der Waals surface area contributed by atoms with Crippen LogP contribution in [0, 0.1) is 0 Å². The third-order valence-electron chi connectivity index (χ3n) is 2.40. The average Bonchev–Trinajstić information content (AvgIpc) is 2.33. The van der Waals surface area contributed by atoms with Gasteiger partial charge < -0.3 is 36.0 Å². The van der Waals surface area contributed by atoms with Crippen molar-refractivity contribution in [1.29, 1.82) is 0 Å². The summed E-state index contributed by atoms with van der Waals surface area (Å²) in [5.74, 6) is -9.40. The number of ether oxygens (including phenoxy) is 1. The van der Waals surface area contributed by atoms with E-state index < -0.39 is 60.4 Å². The van der Waals surface area contributed by atoms with Crippen molar-refractivity contribution in [2.75, 3.05) is 0 Å². The van der Waals surface area contributed by atoms with Crippen LogP contribution in [0.3, 0.4) is 0 Å². The topological polar surface area (TPSA) is 222 Å². The summed E-state index contributed by atoms with van der Waals surface area (Å²) in [6.07, 6.45) is -5.35. The second-order valence-corrected chi connectivity index (χ2v) is 4.16. The molecule has 7 N–H and O–H groups in total. The largest absolute Gasteiger partial charge is 0.481 e. The molecule has 12 nitrogen and oxygen atoms in total. The first kappa shape index (κ1) is 19.3. The number of aliphatic hydroxyl groups is 1. The van der Waals surface area contributed by atoms with Crippen molar-refractivity contribution in [3.05, 3.63) is 0 Å². The molecule has 0 saturated heterocycles. The maximum Gasteiger partial charge on any atom is 0.348 e. The lowest BCUT2D eigenvalue weighted by atomic mass is 9.92. The van der Waals surface area contributed by atoms with Crippen molar-refractivity contribution in [2.45, 2.75) is 30.6 Å². The lowest BCUT2D eigenvalue weighted by molar-refractivity contribution is -0.197. The first-order valence-electron chi connectivity index (χ1n) is 5.50. The molecule has 0 aromatic carbocycles. The van der Waals surface area contributed by atoms with Crippen molar-refractivity contribution in [3.63, 3.8) is 0 Å². The molecule has 0 fully saturated rings. The molecule has 0 bridgehead atoms. The molecule has 22 heavy (non-hydrogen) atoms. The predicted molar refractivity (Wildman–Crippen MR) is 62.6 cm³/mol. The molecule has 124 valence electrons. The number of carboxylic acids is 4. The first-order chi connectivity index (χ1) is 9.91. The number of carboxylic acid groups (broad SMARTS) is 4. The zero-order valence-electron chi connectivity index (χ0n) is 10.8. The fourth-order valence-corrected chi connectivity index (χ4v) is 1.31. The summed E-state index contributed by atoms with van der Waals surface area (Å²) in [6, 6.07) is -1.75. The van der Waals surface area contributed by atoms with E-state index in [2.05, 4.69) is 4.74 Å². The summed E-state index contributed by atoms with van der Waals surface area (Å²) in [6.45, 7) is 0. The maximum absolute atomic E-state index is 11.3. The van der Waals surface area contributed by atoms with Crippen molar-refractivity contribution in [2.24, 2.45) is 5.73 Å². The summed E-state index contributed by atoms with van der Waals surface area (Å²) in [7, 11) is 0. The van der Waals surface area contributed by atoms with Gasteiger partial charge in [-0.2, -0.15) is 0 Å². The van der Waals surface area contributed by atoms with Crippen LogP contribution in [0.25, 0.3) is 0 Å². The molecular formula is C10H13NO11. The van der Waals surface area contributed by atoms with Crippen LogP contribution in [-0.4, -0.2) is 73.1 Å². The quantitative estimate of drug-likeness (QED) is 0.235. The number of nitrogens with two attached hydrogens (primary N) is 1. The first-order valence-corrected chi connectivity index (χ1v) is 5.50. The van der Waals surface area contributed by atoms with Gasteiger partial charge in [0.2, 0.25) is 11.7 Å². The van der Waals surface area contributed by atoms with E-state index in [1.165, 1.54) is 0 Å². The molecule has 0 aliphatic rings. The van der Waals surface area contributed by atoms with Gasteiger partial charge in [0, 0.05) is 0 Å². The van der Waals surface area contributed by atoms with Crippen molar-refractivity contribution < 1.29 is 54.2 Å². The molecule has 0 aliphatic carbocycles. The Labute approximate surface area is 121 Å². The minimum absolute atomic E-state index is 1.01. The van der Waals surface area contributed by atoms with Gasteiger partial charge in [0.05, 0.1) is 12.8 Å². The average molecular weight is 323 g/mol. The van der Waals surface area contributed by atoms with Crippen molar-refractivity contribution >= 4 is 29.8 Å². The molecule has 12 heteroatoms. The predicted octanol–water partition coefficient (Wildman–Crippen LogP) is -2.92. The van der Waals surface area contributed by atoms with E-state index in [0.29, 0.717) is 0 Å². The number of esters is 1. The lowest BCUT2D eigenvalue weighted by Crippen LogP contribution is -2.56. The Balaban J connectivity index is 5.31. The zero-order chi connectivity index (χ0) is 17.7. The van der Waals surface area contributed by atoms with E-state index in [-0.39, 0.29) is 0 Å². The standard InChI is InChI=1S/C10H13NO11/c11-3(7(15)16)1-5(14)22-6(8(17)18)10(21,9(19)20)2-4(12)13/h3,6,21H,1-2,11H2,(H,12,13)(H,15,16)(H,17,18)(H,19,20). The molecule has 0 spiro atoms. The van der Waals surface area contributed by atoms with Crippen LogP contribution in [0.1, 0.15) is 12.8 Å². The summed E-state index contributed by atoms with van der Waals surface area (Å²) in [5, 5.41) is 44.3. The third-order valence-corrected chi connectivity index (χ3v) is 2.40. The van der Waals surface area contributed by atoms with Crippen LogP contribution < -0.4 is 5.73 Å². The van der Waals surface area contributed by atoms with Crippen molar-refractivity contribution in [3.8, 4) is 0 Å². The molecule has 3 unspecified atom stereocenters. The smallest absolute Gasteiger partial charge is 0.348 e. The van der Waals surface area contributed by atoms with E-state index in [0.717, 1.165) is 0 Å². The number of rotatable bonds is 9. The van der Waals surface area contributed by atoms with Crippen LogP contribution in [-0.2, 0) is 28.7 Å². The minimum Gasteiger partial charge on any atom is -0.481 e. The molecule has 0 saturated carbocycles. The second kappa shape index (κ2) is 7.33. The number of aliphatic carboxylic acids is 4. The Morgan fingerprint density at radius 1 is 1.00 bits per heavy atom. The van der Waals surface area contributed by atoms with Gasteiger partial charge in [-0.3, -0.25) is 14.4 Å². The third kappa shape index (κ3) is 4.99. The molecule has 3 atom stereocenters. The summed E-state index contributed by atoms with van der Waals surface area (Å²) in [5.41, 5.74) is 1.55. The molecule has 0 heterocycles. The highest BCUT2D eigenvalue weighted by atomic mass is 16.6. The van der Waals surface area contributed by atoms with E-state index in [1.807, 2.05) is 0 Å². The molecule has 0 aromatic heterocycles. The van der Waals surface area contributed by atoms with Gasteiger partial charge in [-0.1, -0.05) is 0 Å². The molecule has 0 aromatic rings. The second-order valence-electron chi connectivity index (χ2n) is 4.16. The lowest BCUT2D eigenvalue weighted by Gasteiger charge is -2.27.